The van der Waals surface area contributed by atoms with Gasteiger partial charge >= 0.3 is 6.03 Å². The summed E-state index contributed by atoms with van der Waals surface area (Å²) >= 11 is 0. The van der Waals surface area contributed by atoms with Crippen molar-refractivity contribution in [3.63, 3.8) is 0 Å². The number of anilines is 1. The first-order valence-electron chi connectivity index (χ1n) is 8.23. The lowest BCUT2D eigenvalue weighted by Gasteiger charge is -2.21. The lowest BCUT2D eigenvalue weighted by Crippen LogP contribution is -2.31. The van der Waals surface area contributed by atoms with E-state index in [1.165, 1.54) is 0 Å². The van der Waals surface area contributed by atoms with Gasteiger partial charge in [0.05, 0.1) is 13.2 Å². The van der Waals surface area contributed by atoms with Crippen LogP contribution in [0.25, 0.3) is 0 Å². The molecular weight excluding hydrogens is 300 g/mol. The Morgan fingerprint density at radius 2 is 1.71 bits per heavy atom. The Kier molecular flexibility index (Phi) is 5.85. The van der Waals surface area contributed by atoms with Crippen molar-refractivity contribution in [2.24, 2.45) is 0 Å². The summed E-state index contributed by atoms with van der Waals surface area (Å²) in [7, 11) is 1.69. The largest absolute Gasteiger partial charge is 0.496 e. The van der Waals surface area contributed by atoms with Crippen LogP contribution in [0.4, 0.5) is 10.5 Å². The van der Waals surface area contributed by atoms with E-state index < -0.39 is 0 Å². The van der Waals surface area contributed by atoms with Crippen molar-refractivity contribution in [2.45, 2.75) is 39.7 Å². The maximum atomic E-state index is 12.2. The van der Waals surface area contributed by atoms with E-state index in [4.69, 9.17) is 4.74 Å². The summed E-state index contributed by atoms with van der Waals surface area (Å²) < 4.78 is 5.48. The van der Waals surface area contributed by atoms with Gasteiger partial charge in [-0.2, -0.15) is 0 Å². The first kappa shape index (κ1) is 17.9. The number of carbonyl (C=O) groups is 1. The van der Waals surface area contributed by atoms with Crippen molar-refractivity contribution >= 4 is 11.7 Å². The smallest absolute Gasteiger partial charge is 0.319 e. The third kappa shape index (κ3) is 4.28. The Labute approximate surface area is 144 Å². The molecule has 2 aromatic rings. The van der Waals surface area contributed by atoms with Crippen molar-refractivity contribution in [1.82, 2.24) is 5.32 Å². The molecule has 2 aromatic carbocycles. The number of methoxy groups -OCH3 is 1. The molecule has 1 atom stereocenters. The molecule has 24 heavy (non-hydrogen) atoms. The van der Waals surface area contributed by atoms with E-state index >= 15 is 0 Å². The summed E-state index contributed by atoms with van der Waals surface area (Å²) in [6.45, 7) is 8.30. The number of benzene rings is 2. The van der Waals surface area contributed by atoms with Gasteiger partial charge in [0.25, 0.3) is 0 Å². The van der Waals surface area contributed by atoms with Gasteiger partial charge in [0.15, 0.2) is 0 Å². The van der Waals surface area contributed by atoms with Crippen LogP contribution in [-0.4, -0.2) is 13.1 Å². The SMILES string of the molecule is COc1cc(C)c(C(C)NC(=O)Nc2ccccc2)cc1C(C)C. The Hall–Kier alpha value is -2.49. The molecule has 0 aliphatic carbocycles. The molecule has 0 saturated heterocycles. The minimum atomic E-state index is -0.213. The molecule has 0 bridgehead atoms. The fourth-order valence-electron chi connectivity index (χ4n) is 2.77. The zero-order valence-corrected chi connectivity index (χ0v) is 15.0. The minimum absolute atomic E-state index is 0.0999. The molecule has 128 valence electrons. The molecule has 0 aliphatic heterocycles. The minimum Gasteiger partial charge on any atom is -0.496 e. The van der Waals surface area contributed by atoms with Crippen LogP contribution in [0.3, 0.4) is 0 Å². The Bertz CT molecular complexity index is 696. The highest BCUT2D eigenvalue weighted by molar-refractivity contribution is 5.89. The van der Waals surface area contributed by atoms with Crippen LogP contribution in [0.2, 0.25) is 0 Å². The van der Waals surface area contributed by atoms with Gasteiger partial charge in [-0.25, -0.2) is 4.79 Å². The second kappa shape index (κ2) is 7.86. The Balaban J connectivity index is 2.15. The van der Waals surface area contributed by atoms with Crippen molar-refractivity contribution in [3.05, 3.63) is 59.2 Å². The molecule has 2 N–H and O–H groups in total. The number of aryl methyl sites for hydroxylation is 1. The predicted octanol–water partition coefficient (Wildman–Crippen LogP) is 5.01. The lowest BCUT2D eigenvalue weighted by molar-refractivity contribution is 0.249. The molecule has 4 nitrogen and oxygen atoms in total. The third-order valence-electron chi connectivity index (χ3n) is 4.09. The van der Waals surface area contributed by atoms with E-state index in [0.717, 1.165) is 28.1 Å². The fourth-order valence-corrected chi connectivity index (χ4v) is 2.77. The molecule has 0 fully saturated rings. The Morgan fingerprint density at radius 3 is 2.29 bits per heavy atom. The number of hydrogen-bond acceptors (Lipinski definition) is 2. The van der Waals surface area contributed by atoms with E-state index in [0.29, 0.717) is 5.92 Å². The number of ether oxygens (including phenoxy) is 1. The van der Waals surface area contributed by atoms with E-state index in [9.17, 15) is 4.79 Å². The molecule has 0 aliphatic rings. The molecule has 1 unspecified atom stereocenters. The maximum Gasteiger partial charge on any atom is 0.319 e. The van der Waals surface area contributed by atoms with E-state index in [1.807, 2.05) is 50.2 Å². The summed E-state index contributed by atoms with van der Waals surface area (Å²) in [5, 5.41) is 5.85. The van der Waals surface area contributed by atoms with Gasteiger partial charge in [-0.05, 0) is 60.7 Å². The van der Waals surface area contributed by atoms with Crippen LogP contribution in [-0.2, 0) is 0 Å². The summed E-state index contributed by atoms with van der Waals surface area (Å²) in [6, 6.07) is 13.3. The first-order chi connectivity index (χ1) is 11.4. The quantitative estimate of drug-likeness (QED) is 0.811. The highest BCUT2D eigenvalue weighted by Crippen LogP contribution is 2.32. The van der Waals surface area contributed by atoms with Gasteiger partial charge < -0.3 is 15.4 Å². The summed E-state index contributed by atoms with van der Waals surface area (Å²) in [4.78, 5) is 12.2. The van der Waals surface area contributed by atoms with Crippen molar-refractivity contribution < 1.29 is 9.53 Å². The monoisotopic (exact) mass is 326 g/mol. The van der Waals surface area contributed by atoms with Crippen LogP contribution in [0.15, 0.2) is 42.5 Å². The molecular formula is C20H26N2O2. The topological polar surface area (TPSA) is 50.4 Å². The first-order valence-corrected chi connectivity index (χ1v) is 8.23. The van der Waals surface area contributed by atoms with E-state index in [-0.39, 0.29) is 12.1 Å². The average molecular weight is 326 g/mol. The molecule has 0 heterocycles. The van der Waals surface area contributed by atoms with Gasteiger partial charge in [0.2, 0.25) is 0 Å². The molecule has 0 aromatic heterocycles. The van der Waals surface area contributed by atoms with Gasteiger partial charge in [-0.15, -0.1) is 0 Å². The van der Waals surface area contributed by atoms with E-state index in [1.54, 1.807) is 7.11 Å². The van der Waals surface area contributed by atoms with Gasteiger partial charge in [0.1, 0.15) is 5.75 Å². The molecule has 0 saturated carbocycles. The normalized spacial score (nSPS) is 11.9. The van der Waals surface area contributed by atoms with Crippen LogP contribution in [0.1, 0.15) is 49.4 Å². The number of para-hydroxylation sites is 1. The zero-order chi connectivity index (χ0) is 17.7. The van der Waals surface area contributed by atoms with Crippen molar-refractivity contribution in [3.8, 4) is 5.75 Å². The van der Waals surface area contributed by atoms with Crippen molar-refractivity contribution in [2.75, 3.05) is 12.4 Å². The van der Waals surface area contributed by atoms with Gasteiger partial charge in [-0.3, -0.25) is 0 Å². The Morgan fingerprint density at radius 1 is 1.04 bits per heavy atom. The van der Waals surface area contributed by atoms with Gasteiger partial charge in [0, 0.05) is 5.69 Å². The lowest BCUT2D eigenvalue weighted by atomic mass is 9.93. The number of amides is 2. The maximum absolute atomic E-state index is 12.2. The highest BCUT2D eigenvalue weighted by atomic mass is 16.5. The third-order valence-corrected chi connectivity index (χ3v) is 4.09. The average Bonchev–Trinajstić information content (AvgIpc) is 2.54. The number of urea groups is 1. The van der Waals surface area contributed by atoms with Crippen LogP contribution in [0.5, 0.6) is 5.75 Å². The summed E-state index contributed by atoms with van der Waals surface area (Å²) in [5.41, 5.74) is 4.12. The summed E-state index contributed by atoms with van der Waals surface area (Å²) in [5.74, 6) is 1.25. The van der Waals surface area contributed by atoms with E-state index in [2.05, 4.69) is 30.5 Å². The number of hydrogen-bond donors (Lipinski definition) is 2. The number of rotatable bonds is 5. The predicted molar refractivity (Wildman–Crippen MR) is 98.8 cm³/mol. The van der Waals surface area contributed by atoms with Crippen LogP contribution in [0, 0.1) is 6.92 Å². The highest BCUT2D eigenvalue weighted by Gasteiger charge is 2.16. The second-order valence-electron chi connectivity index (χ2n) is 6.29. The van der Waals surface area contributed by atoms with Gasteiger partial charge in [-0.1, -0.05) is 32.0 Å². The fraction of sp³-hybridized carbons (Fsp3) is 0.350. The molecule has 2 amide bonds. The molecule has 2 rings (SSSR count). The number of carbonyl (C=O) groups excluding carboxylic acids is 1. The van der Waals surface area contributed by atoms with Crippen molar-refractivity contribution in [1.29, 1.82) is 0 Å². The standard InChI is InChI=1S/C20H26N2O2/c1-13(2)17-12-18(14(3)11-19(17)24-5)15(4)21-20(23)22-16-9-7-6-8-10-16/h6-13,15H,1-5H3,(H2,21,22,23). The van der Waals surface area contributed by atoms with Crippen LogP contribution < -0.4 is 15.4 Å². The zero-order valence-electron chi connectivity index (χ0n) is 15.0. The van der Waals surface area contributed by atoms with Crippen LogP contribution >= 0.6 is 0 Å². The number of nitrogens with one attached hydrogen (secondary N) is 2. The summed E-state index contributed by atoms with van der Waals surface area (Å²) in [6.07, 6.45) is 0. The molecule has 0 radical (unpaired) electrons. The second-order valence-corrected chi connectivity index (χ2v) is 6.29. The molecule has 4 heteroatoms. The molecule has 0 spiro atoms.